The van der Waals surface area contributed by atoms with Crippen LogP contribution in [0.2, 0.25) is 0 Å². The van der Waals surface area contributed by atoms with E-state index >= 15 is 0 Å². The second kappa shape index (κ2) is 5.29. The average molecular weight is 304 g/mol. The summed E-state index contributed by atoms with van der Waals surface area (Å²) in [7, 11) is 0. The fourth-order valence-corrected chi connectivity index (χ4v) is 3.55. The Morgan fingerprint density at radius 2 is 2.25 bits per heavy atom. The molecule has 2 rings (SSSR count). The number of thiophene rings is 1. The molecular formula is C11H14BrNO2S. The van der Waals surface area contributed by atoms with Crippen molar-refractivity contribution in [3.8, 4) is 0 Å². The topological polar surface area (TPSA) is 40.5 Å². The van der Waals surface area contributed by atoms with Gasteiger partial charge in [0.2, 0.25) is 0 Å². The number of carboxylic acid groups (broad SMARTS) is 1. The molecular weight excluding hydrogens is 290 g/mol. The van der Waals surface area contributed by atoms with Gasteiger partial charge in [0.15, 0.2) is 0 Å². The Balaban J connectivity index is 2.07. The van der Waals surface area contributed by atoms with E-state index in [0.717, 1.165) is 22.4 Å². The molecule has 1 aliphatic heterocycles. The minimum absolute atomic E-state index is 0.380. The minimum Gasteiger partial charge on any atom is -0.481 e. The lowest BCUT2D eigenvalue weighted by atomic mass is 10.1. The van der Waals surface area contributed by atoms with Gasteiger partial charge in [-0.3, -0.25) is 4.79 Å². The predicted molar refractivity (Wildman–Crippen MR) is 68.1 cm³/mol. The molecule has 0 radical (unpaired) electrons. The van der Waals surface area contributed by atoms with Crippen molar-refractivity contribution in [2.75, 3.05) is 19.6 Å². The number of rotatable bonds is 4. The molecule has 2 heterocycles. The lowest BCUT2D eigenvalue weighted by molar-refractivity contribution is -0.139. The molecule has 5 heteroatoms. The maximum Gasteiger partial charge on any atom is 0.313 e. The molecule has 0 amide bonds. The fraction of sp³-hybridized carbons (Fsp3) is 0.545. The van der Waals surface area contributed by atoms with E-state index in [1.54, 1.807) is 0 Å². The lowest BCUT2D eigenvalue weighted by Crippen LogP contribution is -2.29. The minimum atomic E-state index is -0.721. The summed E-state index contributed by atoms with van der Waals surface area (Å²) in [5.41, 5.74) is 0. The summed E-state index contributed by atoms with van der Waals surface area (Å²) in [5.74, 6) is -1.10. The fourth-order valence-electron chi connectivity index (χ4n) is 2.02. The third-order valence-electron chi connectivity index (χ3n) is 2.87. The smallest absolute Gasteiger partial charge is 0.313 e. The summed E-state index contributed by atoms with van der Waals surface area (Å²) in [6.45, 7) is 2.72. The van der Waals surface area contributed by atoms with Crippen LogP contribution in [0.5, 0.6) is 0 Å². The number of halogens is 1. The number of hydrogen-bond donors (Lipinski definition) is 1. The van der Waals surface area contributed by atoms with Crippen LogP contribution in [0.15, 0.2) is 15.9 Å². The molecule has 88 valence electrons. The van der Waals surface area contributed by atoms with Crippen molar-refractivity contribution >= 4 is 33.2 Å². The maximum absolute atomic E-state index is 11.3. The molecule has 1 fully saturated rings. The van der Waals surface area contributed by atoms with Gasteiger partial charge in [0.05, 0.1) is 0 Å². The van der Waals surface area contributed by atoms with Crippen molar-refractivity contribution in [1.82, 2.24) is 4.90 Å². The van der Waals surface area contributed by atoms with E-state index in [1.807, 2.05) is 11.4 Å². The van der Waals surface area contributed by atoms with Gasteiger partial charge in [-0.1, -0.05) is 0 Å². The number of carboxylic acids is 1. The first kappa shape index (κ1) is 12.1. The molecule has 1 saturated heterocycles. The first-order valence-corrected chi connectivity index (χ1v) is 7.03. The Labute approximate surface area is 107 Å². The van der Waals surface area contributed by atoms with E-state index < -0.39 is 5.97 Å². The van der Waals surface area contributed by atoms with E-state index in [4.69, 9.17) is 0 Å². The molecule has 0 bridgehead atoms. The van der Waals surface area contributed by atoms with Crippen molar-refractivity contribution in [1.29, 1.82) is 0 Å². The molecule has 16 heavy (non-hydrogen) atoms. The van der Waals surface area contributed by atoms with Gasteiger partial charge < -0.3 is 10.0 Å². The van der Waals surface area contributed by atoms with Crippen molar-refractivity contribution in [3.63, 3.8) is 0 Å². The zero-order chi connectivity index (χ0) is 11.5. The lowest BCUT2D eigenvalue weighted by Gasteiger charge is -2.19. The monoisotopic (exact) mass is 303 g/mol. The Morgan fingerprint density at radius 3 is 2.75 bits per heavy atom. The second-order valence-corrected chi connectivity index (χ2v) is 5.92. The molecule has 1 aliphatic rings. The van der Waals surface area contributed by atoms with Gasteiger partial charge in [-0.25, -0.2) is 0 Å². The van der Waals surface area contributed by atoms with Crippen molar-refractivity contribution < 1.29 is 9.90 Å². The standard InChI is InChI=1S/C11H14BrNO2S/c12-8-5-10(16-7-8)9(11(14)15)6-13-3-1-2-4-13/h5,7,9H,1-4,6H2,(H,14,15). The van der Waals surface area contributed by atoms with Gasteiger partial charge in [0, 0.05) is 21.3 Å². The van der Waals surface area contributed by atoms with Crippen LogP contribution in [0.4, 0.5) is 0 Å². The summed E-state index contributed by atoms with van der Waals surface area (Å²) in [5, 5.41) is 11.2. The van der Waals surface area contributed by atoms with Gasteiger partial charge in [-0.15, -0.1) is 11.3 Å². The highest BCUT2D eigenvalue weighted by molar-refractivity contribution is 9.10. The van der Waals surface area contributed by atoms with E-state index in [1.165, 1.54) is 24.2 Å². The van der Waals surface area contributed by atoms with Gasteiger partial charge in [0.1, 0.15) is 5.92 Å². The third kappa shape index (κ3) is 2.84. The molecule has 1 atom stereocenters. The summed E-state index contributed by atoms with van der Waals surface area (Å²) in [4.78, 5) is 14.4. The first-order valence-electron chi connectivity index (χ1n) is 5.36. The van der Waals surface area contributed by atoms with Crippen LogP contribution < -0.4 is 0 Å². The molecule has 0 spiro atoms. The zero-order valence-electron chi connectivity index (χ0n) is 8.86. The Kier molecular flexibility index (Phi) is 4.00. The van der Waals surface area contributed by atoms with Crippen LogP contribution in [-0.2, 0) is 4.79 Å². The van der Waals surface area contributed by atoms with E-state index in [2.05, 4.69) is 20.8 Å². The summed E-state index contributed by atoms with van der Waals surface area (Å²) < 4.78 is 0.972. The van der Waals surface area contributed by atoms with Crippen LogP contribution in [0.3, 0.4) is 0 Å². The summed E-state index contributed by atoms with van der Waals surface area (Å²) >= 11 is 4.88. The van der Waals surface area contributed by atoms with Gasteiger partial charge in [-0.2, -0.15) is 0 Å². The Morgan fingerprint density at radius 1 is 1.56 bits per heavy atom. The van der Waals surface area contributed by atoms with Crippen molar-refractivity contribution in [2.24, 2.45) is 0 Å². The van der Waals surface area contributed by atoms with E-state index in [9.17, 15) is 9.90 Å². The molecule has 0 aliphatic carbocycles. The second-order valence-electron chi connectivity index (χ2n) is 4.07. The SMILES string of the molecule is O=C(O)C(CN1CCCC1)c1cc(Br)cs1. The number of likely N-dealkylation sites (tertiary alicyclic amines) is 1. The molecule has 0 aromatic carbocycles. The molecule has 1 aromatic heterocycles. The Bertz CT molecular complexity index is 374. The number of carbonyl (C=O) groups is 1. The van der Waals surface area contributed by atoms with Gasteiger partial charge >= 0.3 is 5.97 Å². The normalized spacial score (nSPS) is 18.8. The highest BCUT2D eigenvalue weighted by Crippen LogP contribution is 2.28. The van der Waals surface area contributed by atoms with Crippen LogP contribution in [-0.4, -0.2) is 35.6 Å². The van der Waals surface area contributed by atoms with E-state index in [-0.39, 0.29) is 5.92 Å². The van der Waals surface area contributed by atoms with E-state index in [0.29, 0.717) is 6.54 Å². The highest BCUT2D eigenvalue weighted by atomic mass is 79.9. The Hall–Kier alpha value is -0.390. The quantitative estimate of drug-likeness (QED) is 0.930. The third-order valence-corrected chi connectivity index (χ3v) is 4.68. The number of aliphatic carboxylic acids is 1. The van der Waals surface area contributed by atoms with Crippen LogP contribution >= 0.6 is 27.3 Å². The number of hydrogen-bond acceptors (Lipinski definition) is 3. The molecule has 3 nitrogen and oxygen atoms in total. The molecule has 1 N–H and O–H groups in total. The van der Waals surface area contributed by atoms with Gasteiger partial charge in [0.25, 0.3) is 0 Å². The van der Waals surface area contributed by atoms with Crippen LogP contribution in [0.25, 0.3) is 0 Å². The molecule has 1 unspecified atom stereocenters. The summed E-state index contributed by atoms with van der Waals surface area (Å²) in [6, 6.07) is 1.92. The van der Waals surface area contributed by atoms with Crippen LogP contribution in [0, 0.1) is 0 Å². The maximum atomic E-state index is 11.3. The van der Waals surface area contributed by atoms with Crippen molar-refractivity contribution in [2.45, 2.75) is 18.8 Å². The van der Waals surface area contributed by atoms with Crippen molar-refractivity contribution in [3.05, 3.63) is 20.8 Å². The van der Waals surface area contributed by atoms with Crippen LogP contribution in [0.1, 0.15) is 23.6 Å². The molecule has 1 aromatic rings. The zero-order valence-corrected chi connectivity index (χ0v) is 11.3. The summed E-state index contributed by atoms with van der Waals surface area (Å²) in [6.07, 6.45) is 2.39. The number of nitrogens with zero attached hydrogens (tertiary/aromatic N) is 1. The largest absolute Gasteiger partial charge is 0.481 e. The average Bonchev–Trinajstić information content (AvgIpc) is 2.84. The van der Waals surface area contributed by atoms with Gasteiger partial charge in [-0.05, 0) is 47.9 Å². The molecule has 0 saturated carbocycles. The first-order chi connectivity index (χ1) is 7.66. The predicted octanol–water partition coefficient (Wildman–Crippen LogP) is 2.77. The highest BCUT2D eigenvalue weighted by Gasteiger charge is 2.25.